The van der Waals surface area contributed by atoms with Crippen LogP contribution in [-0.2, 0) is 9.73 Å². The van der Waals surface area contributed by atoms with E-state index in [1.807, 2.05) is 12.1 Å². The molecule has 0 radical (unpaired) electrons. The Labute approximate surface area is 128 Å². The molecule has 7 heteroatoms. The Balaban J connectivity index is 1.93. The van der Waals surface area contributed by atoms with E-state index in [2.05, 4.69) is 19.5 Å². The number of pyridine rings is 1. The average Bonchev–Trinajstić information content (AvgIpc) is 2.95. The van der Waals surface area contributed by atoms with Gasteiger partial charge in [0.25, 0.3) is 0 Å². The summed E-state index contributed by atoms with van der Waals surface area (Å²) in [5.74, 6) is 1.03. The van der Waals surface area contributed by atoms with E-state index in [9.17, 15) is 4.21 Å². The Kier molecular flexibility index (Phi) is 3.72. The molecule has 0 saturated heterocycles. The zero-order valence-corrected chi connectivity index (χ0v) is 12.9. The lowest BCUT2D eigenvalue weighted by molar-refractivity contribution is 0.394. The SMILES string of the molecule is Cc1nc(-c2ccc(N=S(C)(=O)c3ccccn3)cc2)no1. The maximum absolute atomic E-state index is 12.6. The van der Waals surface area contributed by atoms with Gasteiger partial charge in [-0.2, -0.15) is 9.35 Å². The van der Waals surface area contributed by atoms with Crippen molar-refractivity contribution in [3.63, 3.8) is 0 Å². The zero-order valence-electron chi connectivity index (χ0n) is 12.1. The Morgan fingerprint density at radius 3 is 2.50 bits per heavy atom. The highest BCUT2D eigenvalue weighted by atomic mass is 32.2. The summed E-state index contributed by atoms with van der Waals surface area (Å²) in [6, 6.07) is 12.5. The van der Waals surface area contributed by atoms with Crippen LogP contribution in [0.5, 0.6) is 0 Å². The number of rotatable bonds is 3. The highest BCUT2D eigenvalue weighted by Crippen LogP contribution is 2.22. The van der Waals surface area contributed by atoms with Crippen LogP contribution < -0.4 is 0 Å². The lowest BCUT2D eigenvalue weighted by atomic mass is 10.2. The zero-order chi connectivity index (χ0) is 15.6. The molecule has 6 nitrogen and oxygen atoms in total. The van der Waals surface area contributed by atoms with E-state index >= 15 is 0 Å². The van der Waals surface area contributed by atoms with Gasteiger partial charge in [-0.15, -0.1) is 0 Å². The number of aromatic nitrogens is 3. The molecule has 3 rings (SSSR count). The third kappa shape index (κ3) is 3.04. The molecule has 1 atom stereocenters. The van der Waals surface area contributed by atoms with Crippen LogP contribution in [0.25, 0.3) is 11.4 Å². The lowest BCUT2D eigenvalue weighted by Crippen LogP contribution is -1.99. The summed E-state index contributed by atoms with van der Waals surface area (Å²) >= 11 is 0. The van der Waals surface area contributed by atoms with Gasteiger partial charge in [-0.3, -0.25) is 0 Å². The van der Waals surface area contributed by atoms with Crippen LogP contribution in [0.1, 0.15) is 5.89 Å². The average molecular weight is 314 g/mol. The van der Waals surface area contributed by atoms with Crippen molar-refractivity contribution in [3.8, 4) is 11.4 Å². The Morgan fingerprint density at radius 1 is 1.14 bits per heavy atom. The number of hydrogen-bond donors (Lipinski definition) is 0. The van der Waals surface area contributed by atoms with Gasteiger partial charge in [0.2, 0.25) is 11.7 Å². The highest BCUT2D eigenvalue weighted by Gasteiger charge is 2.08. The van der Waals surface area contributed by atoms with Crippen molar-refractivity contribution in [2.45, 2.75) is 11.9 Å². The van der Waals surface area contributed by atoms with Gasteiger partial charge < -0.3 is 4.52 Å². The number of hydrogen-bond acceptors (Lipinski definition) is 6. The van der Waals surface area contributed by atoms with Crippen LogP contribution in [0.3, 0.4) is 0 Å². The summed E-state index contributed by atoms with van der Waals surface area (Å²) in [5, 5.41) is 4.32. The monoisotopic (exact) mass is 314 g/mol. The summed E-state index contributed by atoms with van der Waals surface area (Å²) in [7, 11) is -2.57. The molecule has 3 aromatic rings. The van der Waals surface area contributed by atoms with Crippen molar-refractivity contribution in [1.82, 2.24) is 15.1 Å². The van der Waals surface area contributed by atoms with Gasteiger partial charge in [0.05, 0.1) is 15.4 Å². The Hall–Kier alpha value is -2.54. The van der Waals surface area contributed by atoms with E-state index in [4.69, 9.17) is 4.52 Å². The highest BCUT2D eigenvalue weighted by molar-refractivity contribution is 7.93. The van der Waals surface area contributed by atoms with Crippen LogP contribution >= 0.6 is 0 Å². The fourth-order valence-electron chi connectivity index (χ4n) is 1.91. The van der Waals surface area contributed by atoms with E-state index in [1.165, 1.54) is 0 Å². The quantitative estimate of drug-likeness (QED) is 0.741. The molecule has 0 aliphatic carbocycles. The van der Waals surface area contributed by atoms with Crippen molar-refractivity contribution in [1.29, 1.82) is 0 Å². The molecule has 0 fully saturated rings. The summed E-state index contributed by atoms with van der Waals surface area (Å²) in [4.78, 5) is 8.27. The second-order valence-electron chi connectivity index (χ2n) is 4.75. The summed E-state index contributed by atoms with van der Waals surface area (Å²) < 4.78 is 21.9. The van der Waals surface area contributed by atoms with Crippen molar-refractivity contribution in [3.05, 3.63) is 54.6 Å². The number of nitrogens with zero attached hydrogens (tertiary/aromatic N) is 4. The first kappa shape index (κ1) is 14.4. The van der Waals surface area contributed by atoms with Gasteiger partial charge in [-0.05, 0) is 36.4 Å². The minimum atomic E-state index is -2.57. The summed E-state index contributed by atoms with van der Waals surface area (Å²) in [6.07, 6.45) is 3.18. The predicted octanol–water partition coefficient (Wildman–Crippen LogP) is 3.23. The molecule has 112 valence electrons. The third-order valence-corrected chi connectivity index (χ3v) is 4.54. The van der Waals surface area contributed by atoms with Gasteiger partial charge >= 0.3 is 0 Å². The maximum atomic E-state index is 12.6. The molecule has 0 bridgehead atoms. The molecule has 0 saturated carbocycles. The molecule has 0 spiro atoms. The van der Waals surface area contributed by atoms with Crippen LogP contribution in [0, 0.1) is 6.92 Å². The maximum Gasteiger partial charge on any atom is 0.223 e. The second kappa shape index (κ2) is 5.69. The number of benzene rings is 1. The number of aryl methyl sites for hydroxylation is 1. The first-order valence-corrected chi connectivity index (χ1v) is 8.51. The van der Waals surface area contributed by atoms with Crippen molar-refractivity contribution in [2.75, 3.05) is 6.26 Å². The first-order chi connectivity index (χ1) is 10.5. The van der Waals surface area contributed by atoms with E-state index in [0.717, 1.165) is 5.56 Å². The Morgan fingerprint density at radius 2 is 1.91 bits per heavy atom. The largest absolute Gasteiger partial charge is 0.339 e. The minimum absolute atomic E-state index is 0.466. The molecule has 2 heterocycles. The van der Waals surface area contributed by atoms with E-state index < -0.39 is 9.73 Å². The molecule has 0 aliphatic rings. The van der Waals surface area contributed by atoms with Gasteiger partial charge in [-0.25, -0.2) is 9.19 Å². The fourth-order valence-corrected chi connectivity index (χ4v) is 3.11. The third-order valence-electron chi connectivity index (χ3n) is 2.96. The summed E-state index contributed by atoms with van der Waals surface area (Å²) in [6.45, 7) is 1.74. The lowest BCUT2D eigenvalue weighted by Gasteiger charge is -2.03. The van der Waals surface area contributed by atoms with E-state index in [0.29, 0.717) is 22.4 Å². The van der Waals surface area contributed by atoms with E-state index in [1.54, 1.807) is 49.7 Å². The minimum Gasteiger partial charge on any atom is -0.339 e. The molecule has 1 unspecified atom stereocenters. The molecular formula is C15H14N4O2S. The standard InChI is InChI=1S/C15H14N4O2S/c1-11-17-15(18-21-11)12-6-8-13(9-7-12)19-22(2,20)14-5-3-4-10-16-14/h3-10H,1-2H3. The van der Waals surface area contributed by atoms with Crippen LogP contribution in [0.2, 0.25) is 0 Å². The topological polar surface area (TPSA) is 81.2 Å². The Bertz CT molecular complexity index is 895. The van der Waals surface area contributed by atoms with Gasteiger partial charge in [-0.1, -0.05) is 11.2 Å². The molecule has 2 aromatic heterocycles. The van der Waals surface area contributed by atoms with Crippen molar-refractivity contribution < 1.29 is 8.73 Å². The van der Waals surface area contributed by atoms with Crippen molar-refractivity contribution >= 4 is 15.4 Å². The summed E-state index contributed by atoms with van der Waals surface area (Å²) in [5.41, 5.74) is 1.43. The molecule has 0 N–H and O–H groups in total. The van der Waals surface area contributed by atoms with Gasteiger partial charge in [0.15, 0.2) is 0 Å². The first-order valence-electron chi connectivity index (χ1n) is 6.58. The van der Waals surface area contributed by atoms with Crippen molar-refractivity contribution in [2.24, 2.45) is 4.36 Å². The molecule has 0 aliphatic heterocycles. The fraction of sp³-hybridized carbons (Fsp3) is 0.133. The predicted molar refractivity (Wildman–Crippen MR) is 83.1 cm³/mol. The molecule has 22 heavy (non-hydrogen) atoms. The molecule has 0 amide bonds. The molecular weight excluding hydrogens is 300 g/mol. The van der Waals surface area contributed by atoms with Gasteiger partial charge in [0.1, 0.15) is 5.03 Å². The van der Waals surface area contributed by atoms with Crippen LogP contribution in [0.4, 0.5) is 5.69 Å². The normalized spacial score (nSPS) is 13.5. The second-order valence-corrected chi connectivity index (χ2v) is 6.95. The van der Waals surface area contributed by atoms with Gasteiger partial charge in [0, 0.05) is 24.9 Å². The smallest absolute Gasteiger partial charge is 0.223 e. The van der Waals surface area contributed by atoms with E-state index in [-0.39, 0.29) is 0 Å². The molecule has 1 aromatic carbocycles. The van der Waals surface area contributed by atoms with Crippen LogP contribution in [-0.4, -0.2) is 25.6 Å². The van der Waals surface area contributed by atoms with Crippen LogP contribution in [0.15, 0.2) is 62.6 Å².